The Kier molecular flexibility index (Phi) is 2.48. The highest BCUT2D eigenvalue weighted by Crippen LogP contribution is 2.56. The number of rotatable bonds is 3. The molecule has 10 rings (SSSR count). The molecule has 44 heavy (non-hydrogen) atoms. The van der Waals surface area contributed by atoms with Gasteiger partial charge in [-0.15, -0.1) is 0 Å². The van der Waals surface area contributed by atoms with Crippen LogP contribution in [0.1, 0.15) is 48.3 Å². The van der Waals surface area contributed by atoms with Gasteiger partial charge >= 0.3 is 0 Å². The normalized spacial score (nSPS) is 21.2. The fourth-order valence-electron chi connectivity index (χ4n) is 6.52. The molecule has 2 aliphatic rings. The molecule has 0 saturated heterocycles. The topological polar surface area (TPSA) is 25.8 Å². The predicted octanol–water partition coefficient (Wildman–Crippen LogP) is 10.4. The van der Waals surface area contributed by atoms with Gasteiger partial charge in [-0.1, -0.05) is 84.7 Å². The molecule has 0 aliphatic heterocycles. The van der Waals surface area contributed by atoms with E-state index in [0.717, 1.165) is 0 Å². The molecule has 0 radical (unpaired) electrons. The molecule has 0 amide bonds. The number of pyridine rings is 2. The zero-order chi connectivity index (χ0) is 45.4. The number of hydrogen-bond acceptors (Lipinski definition) is 2. The predicted molar refractivity (Wildman–Crippen MR) is 182 cm³/mol. The van der Waals surface area contributed by atoms with E-state index in [1.807, 2.05) is 0 Å². The fraction of sp³-hybridized carbons (Fsp3) is 0.0476. The summed E-state index contributed by atoms with van der Waals surface area (Å²) in [4.78, 5) is 8.38. The molecular formula is C42H26N2. The molecule has 2 nitrogen and oxygen atoms in total. The molecule has 2 heteroatoms. The Morgan fingerprint density at radius 3 is 1.80 bits per heavy atom. The summed E-state index contributed by atoms with van der Waals surface area (Å²) in [6.45, 7) is 0. The van der Waals surface area contributed by atoms with Gasteiger partial charge < -0.3 is 0 Å². The standard InChI is InChI=1S/C42H26N2/c1-2-10-26-21-29(18-17-25(26)9-1)38-30-13-7-11-27-22-34-32(36-15-3-5-19-43-36)24-33(37-16-4-6-20-44-37)35-23-28-12-8-14-31(38)40(28)42(39(27)30)41(34)35/h1-21,24H,22-23H2/i1D,2D,3D,4D,5D,6D,9D,10D,15D,16D,17D,18D,19D,20D,21D,22D2,23D2. The number of aromatic nitrogens is 2. The molecule has 0 bridgehead atoms. The number of hydrogen-bond donors (Lipinski definition) is 0. The summed E-state index contributed by atoms with van der Waals surface area (Å²) in [5, 5.41) is 0.152. The van der Waals surface area contributed by atoms with Gasteiger partial charge in [-0.25, -0.2) is 0 Å². The van der Waals surface area contributed by atoms with Crippen molar-refractivity contribution in [1.29, 1.82) is 0 Å². The summed E-state index contributed by atoms with van der Waals surface area (Å²) in [7, 11) is 0. The van der Waals surface area contributed by atoms with Crippen molar-refractivity contribution < 1.29 is 26.0 Å². The van der Waals surface area contributed by atoms with E-state index in [1.54, 1.807) is 12.1 Å². The van der Waals surface area contributed by atoms with E-state index in [4.69, 9.17) is 17.8 Å². The maximum absolute atomic E-state index is 10.00. The lowest BCUT2D eigenvalue weighted by molar-refractivity contribution is 1.12. The minimum atomic E-state index is -2.66. The Morgan fingerprint density at radius 1 is 0.568 bits per heavy atom. The van der Waals surface area contributed by atoms with Gasteiger partial charge in [0.15, 0.2) is 0 Å². The van der Waals surface area contributed by atoms with Crippen LogP contribution >= 0.6 is 0 Å². The zero-order valence-electron chi connectivity index (χ0n) is 41.4. The molecule has 0 spiro atoms. The SMILES string of the molecule is [2H]c1nc(-c2cc(-c3nc([2H])c([2H])c([2H])c3[2H])c3c4c2C([2H])([2H])c2cccc5c(-c6c([2H])c([2H])c7c([2H])c([2H])c([2H])c([2H])c7c6[2H])c6cccc(c6c-4c25)C3([2H])[2H])c([2H])c([2H])c1[2H]. The first kappa shape index (κ1) is 12.2. The van der Waals surface area contributed by atoms with Crippen molar-refractivity contribution in [3.05, 3.63) is 156 Å². The molecule has 8 aromatic rings. The van der Waals surface area contributed by atoms with Crippen LogP contribution in [0, 0.1) is 0 Å². The first-order valence-electron chi connectivity index (χ1n) is 23.2. The lowest BCUT2D eigenvalue weighted by Gasteiger charge is -2.33. The van der Waals surface area contributed by atoms with Gasteiger partial charge in [-0.3, -0.25) is 9.97 Å². The highest BCUT2D eigenvalue weighted by molar-refractivity contribution is 6.26. The average Bonchev–Trinajstić information content (AvgIpc) is 3.25. The highest BCUT2D eigenvalue weighted by atomic mass is 14.7. The van der Waals surface area contributed by atoms with Crippen molar-refractivity contribution in [1.82, 2.24) is 9.97 Å². The lowest BCUT2D eigenvalue weighted by atomic mass is 9.69. The summed E-state index contributed by atoms with van der Waals surface area (Å²) in [5.41, 5.74) is -1.78. The van der Waals surface area contributed by atoms with Crippen LogP contribution in [-0.4, -0.2) is 9.97 Å². The smallest absolute Gasteiger partial charge is 0.0840 e. The molecule has 0 saturated carbocycles. The first-order valence-corrected chi connectivity index (χ1v) is 13.7. The van der Waals surface area contributed by atoms with Crippen LogP contribution in [-0.2, 0) is 12.7 Å². The van der Waals surface area contributed by atoms with Crippen molar-refractivity contribution in [2.24, 2.45) is 0 Å². The van der Waals surface area contributed by atoms with Gasteiger partial charge in [0.05, 0.1) is 31.9 Å². The number of benzene rings is 6. The van der Waals surface area contributed by atoms with E-state index >= 15 is 0 Å². The largest absolute Gasteiger partial charge is 0.256 e. The number of nitrogens with zero attached hydrogens (tertiary/aromatic N) is 2. The molecule has 0 fully saturated rings. The van der Waals surface area contributed by atoms with E-state index in [1.165, 1.54) is 30.3 Å². The van der Waals surface area contributed by atoms with Crippen molar-refractivity contribution in [3.8, 4) is 44.8 Å². The van der Waals surface area contributed by atoms with Crippen LogP contribution in [0.15, 0.2) is 133 Å². The van der Waals surface area contributed by atoms with Crippen LogP contribution in [0.3, 0.4) is 0 Å². The Bertz CT molecular complexity index is 3370. The molecule has 2 aliphatic carbocycles. The van der Waals surface area contributed by atoms with Gasteiger partial charge in [0.1, 0.15) is 0 Å². The quantitative estimate of drug-likeness (QED) is 0.195. The van der Waals surface area contributed by atoms with Gasteiger partial charge in [0.25, 0.3) is 0 Å². The second-order valence-corrected chi connectivity index (χ2v) is 10.4. The number of fused-ring (bicyclic) bond motifs is 1. The monoisotopic (exact) mass is 577 g/mol. The Morgan fingerprint density at radius 2 is 1.16 bits per heavy atom. The lowest BCUT2D eigenvalue weighted by Crippen LogP contribution is -2.13. The molecule has 6 aromatic carbocycles. The molecule has 204 valence electrons. The Hall–Kier alpha value is -5.60. The zero-order valence-corrected chi connectivity index (χ0v) is 22.4. The van der Waals surface area contributed by atoms with E-state index in [9.17, 15) is 8.22 Å². The highest BCUT2D eigenvalue weighted by Gasteiger charge is 2.33. The van der Waals surface area contributed by atoms with E-state index in [2.05, 4.69) is 9.97 Å². The van der Waals surface area contributed by atoms with Crippen LogP contribution in [0.5, 0.6) is 0 Å². The third kappa shape index (κ3) is 3.25. The van der Waals surface area contributed by atoms with E-state index in [0.29, 0.717) is 0 Å². The Balaban J connectivity index is 1.49. The van der Waals surface area contributed by atoms with Crippen LogP contribution < -0.4 is 0 Å². The minimum absolute atomic E-state index is 0.00433. The van der Waals surface area contributed by atoms with Gasteiger partial charge in [-0.05, 0) is 126 Å². The maximum atomic E-state index is 10.00. The summed E-state index contributed by atoms with van der Waals surface area (Å²) >= 11 is 0. The minimum Gasteiger partial charge on any atom is -0.256 e. The maximum Gasteiger partial charge on any atom is 0.0840 e. The molecule has 2 heterocycles. The van der Waals surface area contributed by atoms with E-state index in [-0.39, 0.29) is 88.0 Å². The third-order valence-corrected chi connectivity index (χ3v) is 8.21. The molecule has 0 N–H and O–H groups in total. The van der Waals surface area contributed by atoms with Crippen LogP contribution in [0.2, 0.25) is 0 Å². The summed E-state index contributed by atoms with van der Waals surface area (Å²) in [6, 6.07) is 2.20. The molecular weight excluding hydrogens is 532 g/mol. The Labute approximate surface area is 282 Å². The van der Waals surface area contributed by atoms with Crippen LogP contribution in [0.4, 0.5) is 0 Å². The summed E-state index contributed by atoms with van der Waals surface area (Å²) in [6.07, 6.45) is -6.74. The fourth-order valence-corrected chi connectivity index (χ4v) is 6.52. The molecule has 0 atom stereocenters. The average molecular weight is 578 g/mol. The third-order valence-electron chi connectivity index (χ3n) is 8.21. The molecule has 2 aromatic heterocycles. The van der Waals surface area contributed by atoms with E-state index < -0.39 is 115 Å². The molecule has 0 unspecified atom stereocenters. The van der Waals surface area contributed by atoms with Crippen LogP contribution in [0.25, 0.3) is 77.1 Å². The van der Waals surface area contributed by atoms with Crippen molar-refractivity contribution in [2.45, 2.75) is 12.7 Å². The van der Waals surface area contributed by atoms with Crippen molar-refractivity contribution in [2.75, 3.05) is 0 Å². The van der Waals surface area contributed by atoms with Crippen molar-refractivity contribution in [3.63, 3.8) is 0 Å². The second-order valence-electron chi connectivity index (χ2n) is 10.4. The van der Waals surface area contributed by atoms with Gasteiger partial charge in [0, 0.05) is 29.0 Å². The van der Waals surface area contributed by atoms with Gasteiger partial charge in [0.2, 0.25) is 0 Å². The van der Waals surface area contributed by atoms with Gasteiger partial charge in [-0.2, -0.15) is 0 Å². The summed E-state index contributed by atoms with van der Waals surface area (Å²) in [5.74, 6) is 0. The second kappa shape index (κ2) is 8.95. The first-order chi connectivity index (χ1) is 29.6. The van der Waals surface area contributed by atoms with Crippen molar-refractivity contribution >= 4 is 32.3 Å². The summed E-state index contributed by atoms with van der Waals surface area (Å²) < 4.78 is 170.